The van der Waals surface area contributed by atoms with Gasteiger partial charge in [-0.1, -0.05) is 29.8 Å². The highest BCUT2D eigenvalue weighted by atomic mass is 79.9. The van der Waals surface area contributed by atoms with Crippen molar-refractivity contribution in [1.29, 1.82) is 5.26 Å². The third kappa shape index (κ3) is 2.69. The minimum atomic E-state index is -0.313. The van der Waals surface area contributed by atoms with Crippen LogP contribution in [0.15, 0.2) is 22.7 Å². The molecule has 1 aromatic rings. The molecule has 0 spiro atoms. The van der Waals surface area contributed by atoms with Crippen LogP contribution in [0.25, 0.3) is 0 Å². The fraction of sp³-hybridized carbons (Fsp3) is 0.357. The highest BCUT2D eigenvalue weighted by Gasteiger charge is 2.38. The van der Waals surface area contributed by atoms with Gasteiger partial charge in [0.25, 0.3) is 0 Å². The van der Waals surface area contributed by atoms with Crippen molar-refractivity contribution in [3.05, 3.63) is 28.2 Å². The number of hydrogen-bond acceptors (Lipinski definition) is 3. The molecule has 4 nitrogen and oxygen atoms in total. The molecule has 0 bridgehead atoms. The van der Waals surface area contributed by atoms with Gasteiger partial charge in [-0.3, -0.25) is 9.59 Å². The second kappa shape index (κ2) is 4.78. The average molecular weight is 321 g/mol. The number of nitrogens with zero attached hydrogens (tertiary/aromatic N) is 2. The van der Waals surface area contributed by atoms with Crippen molar-refractivity contribution in [2.24, 2.45) is 5.41 Å². The molecule has 0 unspecified atom stereocenters. The van der Waals surface area contributed by atoms with Crippen molar-refractivity contribution in [2.75, 3.05) is 4.90 Å². The van der Waals surface area contributed by atoms with E-state index in [1.54, 1.807) is 18.2 Å². The predicted molar refractivity (Wildman–Crippen MR) is 74.4 cm³/mol. The van der Waals surface area contributed by atoms with Gasteiger partial charge >= 0.3 is 0 Å². The maximum Gasteiger partial charge on any atom is 0.234 e. The van der Waals surface area contributed by atoms with Crippen LogP contribution in [0.5, 0.6) is 0 Å². The Hall–Kier alpha value is -1.67. The van der Waals surface area contributed by atoms with E-state index in [0.717, 1.165) is 9.37 Å². The lowest BCUT2D eigenvalue weighted by Gasteiger charge is -2.34. The number of amides is 2. The summed E-state index contributed by atoms with van der Waals surface area (Å²) in [5.74, 6) is -0.500. The minimum Gasteiger partial charge on any atom is -0.274 e. The number of carbonyl (C=O) groups excluding carboxylic acids is 2. The van der Waals surface area contributed by atoms with Crippen LogP contribution in [0.4, 0.5) is 5.69 Å². The van der Waals surface area contributed by atoms with Gasteiger partial charge in [-0.2, -0.15) is 5.26 Å². The number of benzene rings is 1. The van der Waals surface area contributed by atoms with Gasteiger partial charge < -0.3 is 0 Å². The van der Waals surface area contributed by atoms with E-state index in [4.69, 9.17) is 5.26 Å². The monoisotopic (exact) mass is 320 g/mol. The van der Waals surface area contributed by atoms with Gasteiger partial charge in [0.1, 0.15) is 6.07 Å². The summed E-state index contributed by atoms with van der Waals surface area (Å²) >= 11 is 3.27. The average Bonchev–Trinajstić information content (AvgIpc) is 2.28. The molecule has 1 saturated heterocycles. The van der Waals surface area contributed by atoms with Crippen molar-refractivity contribution >= 4 is 33.4 Å². The molecule has 1 aliphatic rings. The molecule has 2 rings (SSSR count). The van der Waals surface area contributed by atoms with Crippen LogP contribution in [-0.2, 0) is 9.59 Å². The molecule has 0 atom stereocenters. The van der Waals surface area contributed by atoms with Gasteiger partial charge in [0.15, 0.2) is 0 Å². The van der Waals surface area contributed by atoms with Crippen LogP contribution < -0.4 is 4.90 Å². The van der Waals surface area contributed by atoms with Crippen molar-refractivity contribution in [2.45, 2.75) is 26.7 Å². The normalized spacial score (nSPS) is 18.3. The van der Waals surface area contributed by atoms with Crippen LogP contribution in [0.1, 0.15) is 32.3 Å². The van der Waals surface area contributed by atoms with Crippen molar-refractivity contribution in [1.82, 2.24) is 0 Å². The van der Waals surface area contributed by atoms with Gasteiger partial charge in [0.05, 0.1) is 11.3 Å². The number of rotatable bonds is 1. The summed E-state index contributed by atoms with van der Waals surface area (Å²) in [5, 5.41) is 9.13. The first-order chi connectivity index (χ1) is 8.84. The van der Waals surface area contributed by atoms with E-state index in [-0.39, 0.29) is 17.2 Å². The zero-order chi connectivity index (χ0) is 14.2. The standard InChI is InChI=1S/C14H13BrN2O2/c1-14(2)6-12(18)17(13(19)7-14)11-4-3-10(15)5-9(11)8-16/h3-5H,6-7H2,1-2H3. The lowest BCUT2D eigenvalue weighted by Crippen LogP contribution is -2.46. The van der Waals surface area contributed by atoms with Crippen LogP contribution in [0, 0.1) is 16.7 Å². The van der Waals surface area contributed by atoms with Gasteiger partial charge in [0.2, 0.25) is 11.8 Å². The maximum absolute atomic E-state index is 12.2. The Kier molecular flexibility index (Phi) is 3.46. The first-order valence-electron chi connectivity index (χ1n) is 5.89. The molecule has 1 heterocycles. The molecular weight excluding hydrogens is 308 g/mol. The van der Waals surface area contributed by atoms with Crippen molar-refractivity contribution in [3.8, 4) is 6.07 Å². The van der Waals surface area contributed by atoms with Crippen LogP contribution in [0.2, 0.25) is 0 Å². The third-order valence-corrected chi connectivity index (χ3v) is 3.57. The summed E-state index contributed by atoms with van der Waals surface area (Å²) in [6, 6.07) is 6.97. The smallest absolute Gasteiger partial charge is 0.234 e. The van der Waals surface area contributed by atoms with Gasteiger partial charge in [-0.25, -0.2) is 4.90 Å². The Morgan fingerprint density at radius 3 is 2.37 bits per heavy atom. The number of carbonyl (C=O) groups is 2. The Bertz CT molecular complexity index is 582. The zero-order valence-electron chi connectivity index (χ0n) is 10.7. The van der Waals surface area contributed by atoms with Crippen LogP contribution in [-0.4, -0.2) is 11.8 Å². The van der Waals surface area contributed by atoms with E-state index in [0.29, 0.717) is 24.1 Å². The summed E-state index contributed by atoms with van der Waals surface area (Å²) in [4.78, 5) is 25.5. The largest absolute Gasteiger partial charge is 0.274 e. The Morgan fingerprint density at radius 2 is 1.84 bits per heavy atom. The maximum atomic E-state index is 12.2. The Balaban J connectivity index is 2.46. The molecule has 1 aliphatic heterocycles. The minimum absolute atomic E-state index is 0.250. The fourth-order valence-electron chi connectivity index (χ4n) is 2.24. The van der Waals surface area contributed by atoms with Crippen LogP contribution >= 0.6 is 15.9 Å². The lowest BCUT2D eigenvalue weighted by molar-refractivity contribution is -0.132. The molecule has 0 aromatic heterocycles. The number of piperidine rings is 1. The van der Waals surface area contributed by atoms with E-state index >= 15 is 0 Å². The number of anilines is 1. The SMILES string of the molecule is CC1(C)CC(=O)N(c2ccc(Br)cc2C#N)C(=O)C1. The molecule has 0 aliphatic carbocycles. The second-order valence-corrected chi connectivity index (χ2v) is 6.33. The summed E-state index contributed by atoms with van der Waals surface area (Å²) in [7, 11) is 0. The molecule has 2 amide bonds. The molecule has 19 heavy (non-hydrogen) atoms. The Labute approximate surface area is 120 Å². The summed E-state index contributed by atoms with van der Waals surface area (Å²) in [6.45, 7) is 3.79. The van der Waals surface area contributed by atoms with Crippen molar-refractivity contribution < 1.29 is 9.59 Å². The van der Waals surface area contributed by atoms with E-state index in [1.807, 2.05) is 19.9 Å². The molecule has 1 aromatic carbocycles. The quantitative estimate of drug-likeness (QED) is 0.747. The number of imide groups is 1. The molecule has 98 valence electrons. The molecule has 5 heteroatoms. The van der Waals surface area contributed by atoms with E-state index in [2.05, 4.69) is 15.9 Å². The summed E-state index contributed by atoms with van der Waals surface area (Å²) in [5.41, 5.74) is 0.374. The second-order valence-electron chi connectivity index (χ2n) is 5.41. The summed E-state index contributed by atoms with van der Waals surface area (Å²) < 4.78 is 0.741. The number of nitriles is 1. The Morgan fingerprint density at radius 1 is 1.26 bits per heavy atom. The summed E-state index contributed by atoms with van der Waals surface area (Å²) in [6.07, 6.45) is 0.610. The van der Waals surface area contributed by atoms with Gasteiger partial charge in [0, 0.05) is 17.3 Å². The first-order valence-corrected chi connectivity index (χ1v) is 6.69. The third-order valence-electron chi connectivity index (χ3n) is 3.08. The van der Waals surface area contributed by atoms with Gasteiger partial charge in [-0.05, 0) is 23.6 Å². The van der Waals surface area contributed by atoms with E-state index < -0.39 is 0 Å². The van der Waals surface area contributed by atoms with E-state index in [1.165, 1.54) is 0 Å². The number of hydrogen-bond donors (Lipinski definition) is 0. The lowest BCUT2D eigenvalue weighted by atomic mass is 9.81. The highest BCUT2D eigenvalue weighted by molar-refractivity contribution is 9.10. The first kappa shape index (κ1) is 13.8. The molecular formula is C14H13BrN2O2. The molecule has 0 saturated carbocycles. The predicted octanol–water partition coefficient (Wildman–Crippen LogP) is 3.00. The number of halogens is 1. The molecule has 1 fully saturated rings. The van der Waals surface area contributed by atoms with Crippen molar-refractivity contribution in [3.63, 3.8) is 0 Å². The molecule has 0 radical (unpaired) electrons. The fourth-order valence-corrected chi connectivity index (χ4v) is 2.60. The topological polar surface area (TPSA) is 61.2 Å². The van der Waals surface area contributed by atoms with Gasteiger partial charge in [-0.15, -0.1) is 0 Å². The highest BCUT2D eigenvalue weighted by Crippen LogP contribution is 2.35. The molecule has 0 N–H and O–H groups in total. The zero-order valence-corrected chi connectivity index (χ0v) is 12.3. The van der Waals surface area contributed by atoms with E-state index in [9.17, 15) is 9.59 Å². The van der Waals surface area contributed by atoms with Crippen LogP contribution in [0.3, 0.4) is 0 Å².